The fraction of sp³-hybridized carbons (Fsp3) is 0.800. The average Bonchev–Trinajstić information content (AvgIpc) is 3.09. The van der Waals surface area contributed by atoms with Crippen molar-refractivity contribution >= 4 is 17.7 Å². The monoisotopic (exact) mass is 310 g/mol. The van der Waals surface area contributed by atoms with Crippen molar-refractivity contribution in [3.63, 3.8) is 0 Å². The van der Waals surface area contributed by atoms with E-state index in [-0.39, 0.29) is 11.8 Å². The number of carboxylic acid groups (broad SMARTS) is 1. The lowest BCUT2D eigenvalue weighted by molar-refractivity contribution is -0.139. The highest BCUT2D eigenvalue weighted by atomic mass is 32.2. The van der Waals surface area contributed by atoms with Gasteiger partial charge < -0.3 is 9.52 Å². The van der Waals surface area contributed by atoms with Crippen molar-refractivity contribution < 1.29 is 14.3 Å². The molecule has 0 amide bonds. The smallest absolute Gasteiger partial charge is 0.303 e. The second-order valence-corrected chi connectivity index (χ2v) is 7.65. The first-order chi connectivity index (χ1) is 10.2. The van der Waals surface area contributed by atoms with Crippen LogP contribution >= 0.6 is 11.8 Å². The predicted molar refractivity (Wildman–Crippen MR) is 80.2 cm³/mol. The van der Waals surface area contributed by atoms with Gasteiger partial charge in [0, 0.05) is 6.42 Å². The topological polar surface area (TPSA) is 76.2 Å². The van der Waals surface area contributed by atoms with Gasteiger partial charge in [-0.3, -0.25) is 4.79 Å². The van der Waals surface area contributed by atoms with Crippen molar-refractivity contribution in [3.05, 3.63) is 11.8 Å². The summed E-state index contributed by atoms with van der Waals surface area (Å²) in [5, 5.41) is 17.9. The maximum absolute atomic E-state index is 11.1. The molecule has 2 heterocycles. The molecule has 21 heavy (non-hydrogen) atoms. The summed E-state index contributed by atoms with van der Waals surface area (Å²) in [4.78, 5) is 11.1. The Morgan fingerprint density at radius 2 is 2.10 bits per heavy atom. The standard InChI is InChI=1S/C15H22N2O3S/c18-13(19)10-15(6-2-3-7-15)9-12-16-17-14(20-12)11-5-1-4-8-21-11/h11H,1-10H2,(H,18,19). The van der Waals surface area contributed by atoms with Crippen LogP contribution in [0.4, 0.5) is 0 Å². The highest BCUT2D eigenvalue weighted by Gasteiger charge is 2.38. The van der Waals surface area contributed by atoms with Gasteiger partial charge in [-0.2, -0.15) is 0 Å². The highest BCUT2D eigenvalue weighted by Crippen LogP contribution is 2.44. The zero-order valence-corrected chi connectivity index (χ0v) is 13.0. The van der Waals surface area contributed by atoms with E-state index in [4.69, 9.17) is 9.52 Å². The lowest BCUT2D eigenvalue weighted by Gasteiger charge is -2.25. The third-order valence-corrected chi connectivity index (χ3v) is 6.02. The summed E-state index contributed by atoms with van der Waals surface area (Å²) in [7, 11) is 0. The van der Waals surface area contributed by atoms with Crippen molar-refractivity contribution in [1.29, 1.82) is 0 Å². The third kappa shape index (κ3) is 3.59. The fourth-order valence-corrected chi connectivity index (χ4v) is 4.81. The quantitative estimate of drug-likeness (QED) is 0.895. The Hall–Kier alpha value is -1.04. The lowest BCUT2D eigenvalue weighted by atomic mass is 9.79. The van der Waals surface area contributed by atoms with Crippen molar-refractivity contribution in [2.24, 2.45) is 5.41 Å². The second-order valence-electron chi connectivity index (χ2n) is 6.34. The number of hydrogen-bond acceptors (Lipinski definition) is 5. The van der Waals surface area contributed by atoms with Gasteiger partial charge >= 0.3 is 5.97 Å². The normalized spacial score (nSPS) is 25.0. The van der Waals surface area contributed by atoms with Gasteiger partial charge in [0.25, 0.3) is 0 Å². The summed E-state index contributed by atoms with van der Waals surface area (Å²) in [6.07, 6.45) is 8.53. The molecule has 2 fully saturated rings. The molecule has 1 atom stereocenters. The summed E-state index contributed by atoms with van der Waals surface area (Å²) in [5.41, 5.74) is -0.171. The number of aliphatic carboxylic acids is 1. The van der Waals surface area contributed by atoms with Crippen LogP contribution in [0.15, 0.2) is 4.42 Å². The van der Waals surface area contributed by atoms with E-state index < -0.39 is 5.97 Å². The SMILES string of the molecule is O=C(O)CC1(Cc2nnc(C3CCCCS3)o2)CCCC1. The lowest BCUT2D eigenvalue weighted by Crippen LogP contribution is -2.24. The first kappa shape index (κ1) is 14.9. The summed E-state index contributed by atoms with van der Waals surface area (Å²) < 4.78 is 5.86. The summed E-state index contributed by atoms with van der Waals surface area (Å²) in [5.74, 6) is 1.79. The van der Waals surface area contributed by atoms with Gasteiger partial charge in [0.2, 0.25) is 11.8 Å². The van der Waals surface area contributed by atoms with E-state index in [1.165, 1.54) is 12.8 Å². The van der Waals surface area contributed by atoms with Gasteiger partial charge in [0.05, 0.1) is 11.7 Å². The van der Waals surface area contributed by atoms with Crippen LogP contribution in [0.5, 0.6) is 0 Å². The Labute approximate surface area is 128 Å². The highest BCUT2D eigenvalue weighted by molar-refractivity contribution is 7.99. The molecule has 1 unspecified atom stereocenters. The Balaban J connectivity index is 1.68. The van der Waals surface area contributed by atoms with Gasteiger partial charge in [-0.25, -0.2) is 0 Å². The van der Waals surface area contributed by atoms with E-state index in [0.717, 1.165) is 43.7 Å². The number of nitrogens with zero attached hydrogens (tertiary/aromatic N) is 2. The molecule has 0 bridgehead atoms. The Bertz CT molecular complexity index is 491. The Kier molecular flexibility index (Phi) is 4.52. The number of hydrogen-bond donors (Lipinski definition) is 1. The average molecular weight is 310 g/mol. The van der Waals surface area contributed by atoms with E-state index in [0.29, 0.717) is 17.6 Å². The molecule has 1 aromatic rings. The predicted octanol–water partition coefficient (Wildman–Crippen LogP) is 3.61. The van der Waals surface area contributed by atoms with Gasteiger partial charge in [-0.05, 0) is 36.9 Å². The number of rotatable bonds is 5. The third-order valence-electron chi connectivity index (χ3n) is 4.65. The van der Waals surface area contributed by atoms with Crippen LogP contribution in [0.2, 0.25) is 0 Å². The summed E-state index contributed by atoms with van der Waals surface area (Å²) >= 11 is 1.89. The van der Waals surface area contributed by atoms with E-state index in [1.54, 1.807) is 0 Å². The molecule has 1 N–H and O–H groups in total. The molecule has 1 saturated carbocycles. The maximum Gasteiger partial charge on any atom is 0.303 e. The van der Waals surface area contributed by atoms with Gasteiger partial charge in [0.1, 0.15) is 0 Å². The van der Waals surface area contributed by atoms with Crippen LogP contribution in [0.25, 0.3) is 0 Å². The molecular formula is C15H22N2O3S. The molecule has 0 radical (unpaired) electrons. The first-order valence-corrected chi connectivity index (χ1v) is 8.87. The molecular weight excluding hydrogens is 288 g/mol. The minimum Gasteiger partial charge on any atom is -0.481 e. The van der Waals surface area contributed by atoms with Crippen molar-refractivity contribution in [2.45, 2.75) is 63.0 Å². The summed E-state index contributed by atoms with van der Waals surface area (Å²) in [6, 6.07) is 0. The van der Waals surface area contributed by atoms with Crippen molar-refractivity contribution in [1.82, 2.24) is 10.2 Å². The summed E-state index contributed by atoms with van der Waals surface area (Å²) in [6.45, 7) is 0. The van der Waals surface area contributed by atoms with Crippen LogP contribution in [-0.4, -0.2) is 27.0 Å². The number of thioether (sulfide) groups is 1. The molecule has 1 saturated heterocycles. The molecule has 5 nitrogen and oxygen atoms in total. The minimum absolute atomic E-state index is 0.171. The van der Waals surface area contributed by atoms with E-state index >= 15 is 0 Å². The number of carbonyl (C=O) groups is 1. The molecule has 0 spiro atoms. The van der Waals surface area contributed by atoms with Crippen LogP contribution in [0, 0.1) is 5.41 Å². The number of carboxylic acids is 1. The van der Waals surface area contributed by atoms with Gasteiger partial charge in [-0.1, -0.05) is 19.3 Å². The van der Waals surface area contributed by atoms with E-state index in [2.05, 4.69) is 10.2 Å². The molecule has 6 heteroatoms. The van der Waals surface area contributed by atoms with Gasteiger partial charge in [-0.15, -0.1) is 22.0 Å². The minimum atomic E-state index is -0.723. The molecule has 1 aliphatic carbocycles. The Morgan fingerprint density at radius 3 is 2.76 bits per heavy atom. The van der Waals surface area contributed by atoms with E-state index in [1.807, 2.05) is 11.8 Å². The molecule has 3 rings (SSSR count). The zero-order chi connectivity index (χ0) is 14.7. The molecule has 2 aliphatic rings. The fourth-order valence-electron chi connectivity index (χ4n) is 3.59. The molecule has 1 aromatic heterocycles. The molecule has 1 aliphatic heterocycles. The van der Waals surface area contributed by atoms with Crippen LogP contribution < -0.4 is 0 Å². The van der Waals surface area contributed by atoms with Gasteiger partial charge in [0.15, 0.2) is 0 Å². The first-order valence-electron chi connectivity index (χ1n) is 7.83. The number of aromatic nitrogens is 2. The van der Waals surface area contributed by atoms with Crippen LogP contribution in [0.3, 0.4) is 0 Å². The van der Waals surface area contributed by atoms with Crippen LogP contribution in [0.1, 0.15) is 68.4 Å². The van der Waals surface area contributed by atoms with Crippen molar-refractivity contribution in [2.75, 3.05) is 5.75 Å². The largest absolute Gasteiger partial charge is 0.481 e. The Morgan fingerprint density at radius 1 is 1.29 bits per heavy atom. The van der Waals surface area contributed by atoms with Crippen molar-refractivity contribution in [3.8, 4) is 0 Å². The zero-order valence-electron chi connectivity index (χ0n) is 12.2. The molecule has 116 valence electrons. The van der Waals surface area contributed by atoms with E-state index in [9.17, 15) is 4.79 Å². The van der Waals surface area contributed by atoms with Crippen LogP contribution in [-0.2, 0) is 11.2 Å². The molecule has 0 aromatic carbocycles. The maximum atomic E-state index is 11.1. The second kappa shape index (κ2) is 6.38.